The van der Waals surface area contributed by atoms with E-state index in [-0.39, 0.29) is 23.0 Å². The molecular weight excluding hydrogens is 438 g/mol. The average molecular weight is 458 g/mol. The van der Waals surface area contributed by atoms with Gasteiger partial charge in [0.25, 0.3) is 0 Å². The molecule has 10 nitrogen and oxygen atoms in total. The number of hydrogen-bond donors (Lipinski definition) is 6. The highest BCUT2D eigenvalue weighted by molar-refractivity contribution is 7.48. The molecule has 30 heavy (non-hydrogen) atoms. The van der Waals surface area contributed by atoms with Crippen molar-refractivity contribution in [2.24, 2.45) is 0 Å². The quantitative estimate of drug-likeness (QED) is 0.318. The Hall–Kier alpha value is -2.84. The van der Waals surface area contributed by atoms with E-state index < -0.39 is 15.6 Å². The van der Waals surface area contributed by atoms with Crippen LogP contribution >= 0.6 is 15.6 Å². The predicted octanol–water partition coefficient (Wildman–Crippen LogP) is 3.41. The first kappa shape index (κ1) is 25.2. The number of para-hydroxylation sites is 2. The van der Waals surface area contributed by atoms with Crippen LogP contribution in [0.1, 0.15) is 0 Å². The Labute approximate surface area is 172 Å². The Morgan fingerprint density at radius 1 is 0.567 bits per heavy atom. The molecule has 0 heterocycles. The zero-order chi connectivity index (χ0) is 22.6. The zero-order valence-electron chi connectivity index (χ0n) is 15.3. The van der Waals surface area contributed by atoms with Crippen LogP contribution in [0.25, 0.3) is 0 Å². The number of hydrogen-bond acceptors (Lipinski definition) is 6. The molecule has 0 aromatic heterocycles. The monoisotopic (exact) mass is 458 g/mol. The maximum atomic E-state index is 11.7. The van der Waals surface area contributed by atoms with Gasteiger partial charge in [-0.1, -0.05) is 42.5 Å². The number of phosphoric acid groups is 2. The van der Waals surface area contributed by atoms with Crippen molar-refractivity contribution in [3.05, 3.63) is 84.9 Å². The van der Waals surface area contributed by atoms with Crippen LogP contribution in [0.2, 0.25) is 0 Å². The maximum absolute atomic E-state index is 11.7. The molecule has 0 fully saturated rings. The summed E-state index contributed by atoms with van der Waals surface area (Å²) in [5.74, 6) is 0.749. The second-order valence-electron chi connectivity index (χ2n) is 5.31. The van der Waals surface area contributed by atoms with Gasteiger partial charge in [-0.3, -0.25) is 4.89 Å². The molecule has 0 atom stereocenters. The molecule has 0 amide bonds. The lowest BCUT2D eigenvalue weighted by Gasteiger charge is -2.13. The molecular formula is C18H20O10P2. The lowest BCUT2D eigenvalue weighted by atomic mass is 10.3. The van der Waals surface area contributed by atoms with Crippen molar-refractivity contribution in [2.45, 2.75) is 0 Å². The summed E-state index contributed by atoms with van der Waals surface area (Å²) in [7, 11) is -8.78. The fourth-order valence-corrected chi connectivity index (χ4v) is 2.55. The lowest BCUT2D eigenvalue weighted by Crippen LogP contribution is -1.99. The van der Waals surface area contributed by atoms with E-state index in [1.54, 1.807) is 66.7 Å². The van der Waals surface area contributed by atoms with Gasteiger partial charge in [0.2, 0.25) is 0 Å². The lowest BCUT2D eigenvalue weighted by molar-refractivity contribution is 0.275. The van der Waals surface area contributed by atoms with Crippen LogP contribution in [0.5, 0.6) is 23.0 Å². The third-order valence-corrected chi connectivity index (χ3v) is 3.64. The molecule has 0 saturated carbocycles. The molecule has 3 aromatic rings. The molecule has 0 saturated heterocycles. The van der Waals surface area contributed by atoms with Crippen molar-refractivity contribution in [3.63, 3.8) is 0 Å². The van der Waals surface area contributed by atoms with Gasteiger partial charge in [-0.2, -0.15) is 0 Å². The average Bonchev–Trinajstić information content (AvgIpc) is 2.61. The van der Waals surface area contributed by atoms with E-state index in [0.717, 1.165) is 0 Å². The summed E-state index contributed by atoms with van der Waals surface area (Å²) in [5, 5.41) is 17.3. The summed E-state index contributed by atoms with van der Waals surface area (Å²) in [6.07, 6.45) is 0. The van der Waals surface area contributed by atoms with Crippen LogP contribution in [0, 0.1) is 0 Å². The number of benzene rings is 3. The second kappa shape index (κ2) is 12.0. The van der Waals surface area contributed by atoms with Crippen LogP contribution in [0.3, 0.4) is 0 Å². The summed E-state index contributed by atoms with van der Waals surface area (Å²) in [6.45, 7) is 0. The first-order chi connectivity index (χ1) is 13.9. The smallest absolute Gasteiger partial charge is 0.508 e. The molecule has 0 spiro atoms. The number of phosphoric ester groups is 1. The van der Waals surface area contributed by atoms with Crippen LogP contribution < -0.4 is 9.05 Å². The van der Waals surface area contributed by atoms with Gasteiger partial charge < -0.3 is 33.9 Å². The van der Waals surface area contributed by atoms with Crippen molar-refractivity contribution < 1.29 is 48.0 Å². The van der Waals surface area contributed by atoms with Gasteiger partial charge >= 0.3 is 15.6 Å². The first-order valence-corrected chi connectivity index (χ1v) is 11.1. The van der Waals surface area contributed by atoms with E-state index in [4.69, 9.17) is 38.5 Å². The van der Waals surface area contributed by atoms with E-state index in [0.29, 0.717) is 0 Å². The van der Waals surface area contributed by atoms with Crippen molar-refractivity contribution >= 4 is 15.6 Å². The molecule has 0 unspecified atom stereocenters. The van der Waals surface area contributed by atoms with Crippen molar-refractivity contribution in [1.82, 2.24) is 0 Å². The predicted molar refractivity (Wildman–Crippen MR) is 108 cm³/mol. The van der Waals surface area contributed by atoms with Gasteiger partial charge in [0, 0.05) is 6.07 Å². The number of rotatable bonds is 4. The van der Waals surface area contributed by atoms with Gasteiger partial charge in [-0.05, 0) is 36.4 Å². The Morgan fingerprint density at radius 2 is 0.900 bits per heavy atom. The minimum absolute atomic E-state index is 0.0880. The standard InChI is InChI=1S/C12H11O4P.C6H6O2.H3O4P/c13-17(14,15-11-7-3-1-4-8-11)16-12-9-5-2-6-10-12;7-5-2-1-3-6(8)4-5;1-5(2,3)4/h1-10H,(H,13,14);1-4,7-8H;(H3,1,2,3,4). The fourth-order valence-electron chi connectivity index (χ4n) is 1.74. The van der Waals surface area contributed by atoms with Crippen LogP contribution in [-0.4, -0.2) is 29.8 Å². The molecule has 6 N–H and O–H groups in total. The molecule has 3 rings (SSSR count). The fraction of sp³-hybridized carbons (Fsp3) is 0. The highest BCUT2D eigenvalue weighted by atomic mass is 31.2. The van der Waals surface area contributed by atoms with Gasteiger partial charge in [0.1, 0.15) is 23.0 Å². The number of phenols is 2. The van der Waals surface area contributed by atoms with E-state index in [1.165, 1.54) is 18.2 Å². The van der Waals surface area contributed by atoms with Gasteiger partial charge in [0.15, 0.2) is 0 Å². The molecule has 162 valence electrons. The summed E-state index contributed by atoms with van der Waals surface area (Å²) < 4.78 is 30.3. The Kier molecular flexibility index (Phi) is 10.1. The Bertz CT molecular complexity index is 906. The molecule has 0 radical (unpaired) electrons. The van der Waals surface area contributed by atoms with Crippen molar-refractivity contribution in [3.8, 4) is 23.0 Å². The first-order valence-electron chi connectivity index (χ1n) is 8.03. The third-order valence-electron chi connectivity index (χ3n) is 2.76. The normalized spacial score (nSPS) is 10.5. The van der Waals surface area contributed by atoms with Crippen molar-refractivity contribution in [2.75, 3.05) is 0 Å². The highest BCUT2D eigenvalue weighted by Gasteiger charge is 2.24. The van der Waals surface area contributed by atoms with Gasteiger partial charge in [-0.25, -0.2) is 9.13 Å². The van der Waals surface area contributed by atoms with Crippen LogP contribution in [0.15, 0.2) is 84.9 Å². The van der Waals surface area contributed by atoms with Crippen molar-refractivity contribution in [1.29, 1.82) is 0 Å². The third kappa shape index (κ3) is 13.4. The number of phenolic OH excluding ortho intramolecular Hbond substituents is 2. The molecule has 3 aromatic carbocycles. The van der Waals surface area contributed by atoms with Crippen LogP contribution in [-0.2, 0) is 9.13 Å². The van der Waals surface area contributed by atoms with E-state index >= 15 is 0 Å². The molecule has 0 bridgehead atoms. The van der Waals surface area contributed by atoms with Crippen LogP contribution in [0.4, 0.5) is 0 Å². The van der Waals surface area contributed by atoms with Gasteiger partial charge in [-0.15, -0.1) is 0 Å². The summed E-state index contributed by atoms with van der Waals surface area (Å²) in [5.41, 5.74) is 0. The number of aromatic hydroxyl groups is 2. The second-order valence-corrected chi connectivity index (χ2v) is 7.64. The summed E-state index contributed by atoms with van der Waals surface area (Å²) >= 11 is 0. The Balaban J connectivity index is 0.000000286. The molecule has 12 heteroatoms. The summed E-state index contributed by atoms with van der Waals surface area (Å²) in [4.78, 5) is 31.1. The van der Waals surface area contributed by atoms with E-state index in [2.05, 4.69) is 0 Å². The minimum atomic E-state index is -4.64. The molecule has 0 aliphatic heterocycles. The largest absolute Gasteiger partial charge is 0.584 e. The summed E-state index contributed by atoms with van der Waals surface area (Å²) in [6, 6.07) is 22.6. The minimum Gasteiger partial charge on any atom is -0.508 e. The SMILES string of the molecule is O=P(O)(O)O.O=P(O)(Oc1ccccc1)Oc1ccccc1.Oc1cccc(O)c1. The topological polar surface area (TPSA) is 174 Å². The van der Waals surface area contributed by atoms with E-state index in [1.807, 2.05) is 0 Å². The molecule has 0 aliphatic carbocycles. The zero-order valence-corrected chi connectivity index (χ0v) is 17.1. The maximum Gasteiger partial charge on any atom is 0.584 e. The van der Waals surface area contributed by atoms with Gasteiger partial charge in [0.05, 0.1) is 0 Å². The highest BCUT2D eigenvalue weighted by Crippen LogP contribution is 2.44. The Morgan fingerprint density at radius 3 is 1.17 bits per heavy atom. The van der Waals surface area contributed by atoms with E-state index in [9.17, 15) is 9.46 Å². The molecule has 0 aliphatic rings.